The van der Waals surface area contributed by atoms with E-state index < -0.39 is 11.7 Å². The predicted octanol–water partition coefficient (Wildman–Crippen LogP) is 3.40. The number of carbonyl (C=O) groups excluding carboxylic acids is 1. The van der Waals surface area contributed by atoms with Crippen LogP contribution in [0.25, 0.3) is 11.0 Å². The number of H-pyrrole nitrogens is 1. The van der Waals surface area contributed by atoms with Gasteiger partial charge in [0.1, 0.15) is 24.7 Å². The number of amides is 1. The number of nitrogens with one attached hydrogen (secondary N) is 3. The largest absolute Gasteiger partial charge is 0.485 e. The van der Waals surface area contributed by atoms with Crippen LogP contribution < -0.4 is 20.1 Å². The third-order valence-electron chi connectivity index (χ3n) is 5.64. The van der Waals surface area contributed by atoms with E-state index in [9.17, 15) is 18.0 Å². The Morgan fingerprint density at radius 2 is 1.86 bits per heavy atom. The molecule has 35 heavy (non-hydrogen) atoms. The summed E-state index contributed by atoms with van der Waals surface area (Å²) in [6, 6.07) is 3.26. The van der Waals surface area contributed by atoms with Crippen LogP contribution in [-0.4, -0.2) is 71.8 Å². The van der Waals surface area contributed by atoms with Crippen molar-refractivity contribution in [1.29, 1.82) is 0 Å². The van der Waals surface area contributed by atoms with Crippen molar-refractivity contribution in [3.05, 3.63) is 29.5 Å². The molecule has 2 aliphatic heterocycles. The summed E-state index contributed by atoms with van der Waals surface area (Å²) in [6.07, 6.45) is -3.69. The number of nitrogens with zero attached hydrogens (tertiary/aromatic N) is 3. The van der Waals surface area contributed by atoms with Crippen LogP contribution in [-0.2, 0) is 10.9 Å². The summed E-state index contributed by atoms with van der Waals surface area (Å²) in [5.74, 6) is 0.502. The van der Waals surface area contributed by atoms with Gasteiger partial charge in [-0.1, -0.05) is 0 Å². The highest BCUT2D eigenvalue weighted by Gasteiger charge is 2.36. The molecule has 1 fully saturated rings. The van der Waals surface area contributed by atoms with E-state index in [2.05, 4.69) is 25.6 Å². The van der Waals surface area contributed by atoms with E-state index in [-0.39, 0.29) is 41.9 Å². The minimum absolute atomic E-state index is 0.0240. The molecule has 3 aromatic rings. The molecule has 0 unspecified atom stereocenters. The van der Waals surface area contributed by atoms with E-state index >= 15 is 0 Å². The molecule has 1 amide bonds. The number of anilines is 3. The van der Waals surface area contributed by atoms with Crippen LogP contribution in [0.4, 0.5) is 30.6 Å². The van der Waals surface area contributed by atoms with Gasteiger partial charge in [0.25, 0.3) is 5.91 Å². The van der Waals surface area contributed by atoms with Crippen molar-refractivity contribution >= 4 is 34.4 Å². The standard InChI is InChI=1S/C22H23F3N6O4/c1-2-26-18-15-13(22(23,24)25)11-27-19(15)30-21(29-18)28-14-4-3-12(16-17(14)35-10-9-34-16)20(32)31-5-7-33-8-6-31/h3-4,11H,2,5-10H2,1H3,(H3,26,27,28,29,30). The molecule has 2 aliphatic rings. The Morgan fingerprint density at radius 3 is 2.57 bits per heavy atom. The average Bonchev–Trinajstić information content (AvgIpc) is 3.30. The fourth-order valence-electron chi connectivity index (χ4n) is 4.07. The first-order valence-electron chi connectivity index (χ1n) is 11.1. The van der Waals surface area contributed by atoms with Crippen molar-refractivity contribution < 1.29 is 32.2 Å². The molecule has 186 valence electrons. The van der Waals surface area contributed by atoms with Crippen LogP contribution in [0.15, 0.2) is 18.3 Å². The number of carbonyl (C=O) groups is 1. The molecule has 5 rings (SSSR count). The van der Waals surface area contributed by atoms with Crippen molar-refractivity contribution in [3.63, 3.8) is 0 Å². The van der Waals surface area contributed by atoms with Gasteiger partial charge < -0.3 is 34.7 Å². The van der Waals surface area contributed by atoms with Gasteiger partial charge in [-0.3, -0.25) is 4.79 Å². The lowest BCUT2D eigenvalue weighted by Crippen LogP contribution is -2.41. The van der Waals surface area contributed by atoms with Crippen LogP contribution in [0.2, 0.25) is 0 Å². The molecule has 13 heteroatoms. The van der Waals surface area contributed by atoms with Crippen molar-refractivity contribution in [2.75, 3.05) is 56.7 Å². The molecule has 1 aromatic carbocycles. The van der Waals surface area contributed by atoms with Crippen molar-refractivity contribution in [3.8, 4) is 11.5 Å². The van der Waals surface area contributed by atoms with E-state index in [4.69, 9.17) is 14.2 Å². The summed E-state index contributed by atoms with van der Waals surface area (Å²) in [6.45, 7) is 4.55. The Labute approximate surface area is 197 Å². The summed E-state index contributed by atoms with van der Waals surface area (Å²) < 4.78 is 57.3. The van der Waals surface area contributed by atoms with E-state index in [0.29, 0.717) is 55.6 Å². The first-order valence-corrected chi connectivity index (χ1v) is 11.1. The molecule has 0 aliphatic carbocycles. The second-order valence-corrected chi connectivity index (χ2v) is 7.90. The van der Waals surface area contributed by atoms with Gasteiger partial charge in [-0.2, -0.15) is 23.1 Å². The quantitative estimate of drug-likeness (QED) is 0.497. The molecule has 3 N–H and O–H groups in total. The predicted molar refractivity (Wildman–Crippen MR) is 120 cm³/mol. The molecular weight excluding hydrogens is 469 g/mol. The number of benzene rings is 1. The number of halogens is 3. The van der Waals surface area contributed by atoms with E-state index in [0.717, 1.165) is 6.20 Å². The molecule has 1 saturated heterocycles. The zero-order valence-corrected chi connectivity index (χ0v) is 18.8. The third kappa shape index (κ3) is 4.38. The number of hydrogen-bond donors (Lipinski definition) is 3. The molecule has 0 atom stereocenters. The number of ether oxygens (including phenoxy) is 3. The minimum Gasteiger partial charge on any atom is -0.485 e. The summed E-state index contributed by atoms with van der Waals surface area (Å²) in [7, 11) is 0. The van der Waals surface area contributed by atoms with Crippen molar-refractivity contribution in [2.45, 2.75) is 13.1 Å². The summed E-state index contributed by atoms with van der Waals surface area (Å²) >= 11 is 0. The Hall–Kier alpha value is -3.74. The molecule has 10 nitrogen and oxygen atoms in total. The maximum absolute atomic E-state index is 13.5. The summed E-state index contributed by atoms with van der Waals surface area (Å²) in [5, 5.41) is 5.73. The number of alkyl halides is 3. The van der Waals surface area contributed by atoms with Gasteiger partial charge in [-0.05, 0) is 19.1 Å². The smallest absolute Gasteiger partial charge is 0.418 e. The fraction of sp³-hybridized carbons (Fsp3) is 0.409. The highest BCUT2D eigenvalue weighted by molar-refractivity contribution is 5.99. The first-order chi connectivity index (χ1) is 16.9. The number of aromatic nitrogens is 3. The fourth-order valence-corrected chi connectivity index (χ4v) is 4.07. The maximum Gasteiger partial charge on any atom is 0.418 e. The van der Waals surface area contributed by atoms with Gasteiger partial charge in [0.15, 0.2) is 11.5 Å². The number of aromatic amines is 1. The molecule has 4 heterocycles. The van der Waals surface area contributed by atoms with Crippen LogP contribution in [0.5, 0.6) is 11.5 Å². The summed E-state index contributed by atoms with van der Waals surface area (Å²) in [4.78, 5) is 25.8. The van der Waals surface area contributed by atoms with Gasteiger partial charge in [0.2, 0.25) is 5.95 Å². The van der Waals surface area contributed by atoms with Crippen LogP contribution in [0, 0.1) is 0 Å². The summed E-state index contributed by atoms with van der Waals surface area (Å²) in [5.41, 5.74) is -0.0512. The van der Waals surface area contributed by atoms with Crippen LogP contribution in [0.3, 0.4) is 0 Å². The van der Waals surface area contributed by atoms with Gasteiger partial charge in [-0.25, -0.2) is 0 Å². The second kappa shape index (κ2) is 9.13. The first kappa shape index (κ1) is 23.0. The SMILES string of the molecule is CCNc1nc(Nc2ccc(C(=O)N3CCOCC3)c3c2OCCO3)nc2[nH]cc(C(F)(F)F)c12. The van der Waals surface area contributed by atoms with Crippen LogP contribution >= 0.6 is 0 Å². The van der Waals surface area contributed by atoms with Gasteiger partial charge in [0.05, 0.1) is 35.4 Å². The third-order valence-corrected chi connectivity index (χ3v) is 5.64. The Balaban J connectivity index is 1.51. The highest BCUT2D eigenvalue weighted by atomic mass is 19.4. The molecule has 0 saturated carbocycles. The average molecular weight is 492 g/mol. The number of hydrogen-bond acceptors (Lipinski definition) is 8. The number of fused-ring (bicyclic) bond motifs is 2. The highest BCUT2D eigenvalue weighted by Crippen LogP contribution is 2.43. The van der Waals surface area contributed by atoms with Crippen molar-refractivity contribution in [2.24, 2.45) is 0 Å². The minimum atomic E-state index is -4.56. The van der Waals surface area contributed by atoms with Gasteiger partial charge in [0, 0.05) is 25.8 Å². The molecule has 0 bridgehead atoms. The maximum atomic E-state index is 13.5. The molecule has 0 radical (unpaired) electrons. The normalized spacial score (nSPS) is 15.8. The Kier molecular flexibility index (Phi) is 6.01. The van der Waals surface area contributed by atoms with E-state index in [1.54, 1.807) is 24.0 Å². The Bertz CT molecular complexity index is 1260. The van der Waals surface area contributed by atoms with E-state index in [1.807, 2.05) is 0 Å². The van der Waals surface area contributed by atoms with Crippen molar-refractivity contribution in [1.82, 2.24) is 19.9 Å². The zero-order chi connectivity index (χ0) is 24.6. The second-order valence-electron chi connectivity index (χ2n) is 7.90. The molecule has 2 aromatic heterocycles. The molecule has 0 spiro atoms. The number of morpholine rings is 1. The van der Waals surface area contributed by atoms with Crippen LogP contribution in [0.1, 0.15) is 22.8 Å². The lowest BCUT2D eigenvalue weighted by Gasteiger charge is -2.29. The lowest BCUT2D eigenvalue weighted by molar-refractivity contribution is -0.136. The van der Waals surface area contributed by atoms with Gasteiger partial charge >= 0.3 is 6.18 Å². The molecular formula is C22H23F3N6O4. The topological polar surface area (TPSA) is 114 Å². The van der Waals surface area contributed by atoms with Gasteiger partial charge in [-0.15, -0.1) is 0 Å². The monoisotopic (exact) mass is 492 g/mol. The number of rotatable bonds is 5. The van der Waals surface area contributed by atoms with E-state index in [1.165, 1.54) is 0 Å². The Morgan fingerprint density at radius 1 is 1.11 bits per heavy atom. The lowest BCUT2D eigenvalue weighted by atomic mass is 10.1. The zero-order valence-electron chi connectivity index (χ0n) is 18.8.